The van der Waals surface area contributed by atoms with Crippen LogP contribution in [0.1, 0.15) is 40.0 Å². The topological polar surface area (TPSA) is 55.6 Å². The SMILES string of the molecule is COC(=O)C(C)(C)CN1CCCCC1C(C)N. The quantitative estimate of drug-likeness (QED) is 0.757. The summed E-state index contributed by atoms with van der Waals surface area (Å²) in [6.45, 7) is 7.68. The summed E-state index contributed by atoms with van der Waals surface area (Å²) >= 11 is 0. The van der Waals surface area contributed by atoms with E-state index >= 15 is 0 Å². The van der Waals surface area contributed by atoms with E-state index in [1.54, 1.807) is 0 Å². The molecule has 0 saturated carbocycles. The molecule has 0 aromatic carbocycles. The lowest BCUT2D eigenvalue weighted by Crippen LogP contribution is -2.53. The second-order valence-corrected chi connectivity index (χ2v) is 5.77. The zero-order valence-electron chi connectivity index (χ0n) is 11.5. The number of nitrogens with zero attached hydrogens (tertiary/aromatic N) is 1. The number of piperidine rings is 1. The van der Waals surface area contributed by atoms with Gasteiger partial charge in [-0.2, -0.15) is 0 Å². The van der Waals surface area contributed by atoms with Gasteiger partial charge in [-0.3, -0.25) is 9.69 Å². The van der Waals surface area contributed by atoms with Crippen molar-refractivity contribution in [2.24, 2.45) is 11.1 Å². The molecule has 100 valence electrons. The molecule has 0 amide bonds. The van der Waals surface area contributed by atoms with Crippen molar-refractivity contribution in [3.8, 4) is 0 Å². The van der Waals surface area contributed by atoms with Gasteiger partial charge < -0.3 is 10.5 Å². The van der Waals surface area contributed by atoms with E-state index in [4.69, 9.17) is 10.5 Å². The molecule has 1 heterocycles. The summed E-state index contributed by atoms with van der Waals surface area (Å²) in [6.07, 6.45) is 3.57. The molecule has 2 atom stereocenters. The van der Waals surface area contributed by atoms with Gasteiger partial charge in [-0.15, -0.1) is 0 Å². The summed E-state index contributed by atoms with van der Waals surface area (Å²) in [5.74, 6) is -0.147. The van der Waals surface area contributed by atoms with E-state index in [1.807, 2.05) is 20.8 Å². The summed E-state index contributed by atoms with van der Waals surface area (Å²) in [7, 11) is 1.45. The van der Waals surface area contributed by atoms with Crippen LogP contribution in [0.4, 0.5) is 0 Å². The van der Waals surface area contributed by atoms with Crippen molar-refractivity contribution in [2.45, 2.75) is 52.1 Å². The van der Waals surface area contributed by atoms with Gasteiger partial charge in [-0.25, -0.2) is 0 Å². The number of ether oxygens (including phenoxy) is 1. The molecule has 0 radical (unpaired) electrons. The first-order valence-electron chi connectivity index (χ1n) is 6.46. The van der Waals surface area contributed by atoms with Gasteiger partial charge in [0, 0.05) is 18.6 Å². The molecule has 1 saturated heterocycles. The number of esters is 1. The van der Waals surface area contributed by atoms with Crippen LogP contribution in [0.15, 0.2) is 0 Å². The highest BCUT2D eigenvalue weighted by Gasteiger charge is 2.35. The van der Waals surface area contributed by atoms with Crippen LogP contribution in [0.2, 0.25) is 0 Å². The van der Waals surface area contributed by atoms with E-state index in [2.05, 4.69) is 4.90 Å². The number of likely N-dealkylation sites (tertiary alicyclic amines) is 1. The normalized spacial score (nSPS) is 24.4. The van der Waals surface area contributed by atoms with Crippen molar-refractivity contribution < 1.29 is 9.53 Å². The lowest BCUT2D eigenvalue weighted by Gasteiger charge is -2.41. The third-order valence-electron chi connectivity index (χ3n) is 3.61. The highest BCUT2D eigenvalue weighted by Crippen LogP contribution is 2.25. The summed E-state index contributed by atoms with van der Waals surface area (Å²) in [5.41, 5.74) is 5.57. The second kappa shape index (κ2) is 5.83. The fraction of sp³-hybridized carbons (Fsp3) is 0.923. The van der Waals surface area contributed by atoms with Gasteiger partial charge in [0.05, 0.1) is 12.5 Å². The molecule has 1 aliphatic heterocycles. The molecule has 4 nitrogen and oxygen atoms in total. The predicted octanol–water partition coefficient (Wildman–Crippen LogP) is 1.39. The van der Waals surface area contributed by atoms with Crippen molar-refractivity contribution in [3.05, 3.63) is 0 Å². The van der Waals surface area contributed by atoms with Crippen molar-refractivity contribution in [3.63, 3.8) is 0 Å². The molecule has 0 aliphatic carbocycles. The van der Waals surface area contributed by atoms with Crippen LogP contribution in [0, 0.1) is 5.41 Å². The number of methoxy groups -OCH3 is 1. The Bertz CT molecular complexity index is 264. The lowest BCUT2D eigenvalue weighted by atomic mass is 9.89. The molecule has 0 aromatic heterocycles. The molecule has 0 spiro atoms. The predicted molar refractivity (Wildman–Crippen MR) is 68.7 cm³/mol. The van der Waals surface area contributed by atoms with Crippen LogP contribution >= 0.6 is 0 Å². The monoisotopic (exact) mass is 242 g/mol. The maximum atomic E-state index is 11.7. The van der Waals surface area contributed by atoms with Gasteiger partial charge >= 0.3 is 5.97 Å². The standard InChI is InChI=1S/C13H26N2O2/c1-10(14)11-7-5-6-8-15(11)9-13(2,3)12(16)17-4/h10-11H,5-9,14H2,1-4H3. The highest BCUT2D eigenvalue weighted by atomic mass is 16.5. The molecule has 0 bridgehead atoms. The largest absolute Gasteiger partial charge is 0.469 e. The Morgan fingerprint density at radius 1 is 1.53 bits per heavy atom. The summed E-state index contributed by atoms with van der Waals surface area (Å²) in [4.78, 5) is 14.1. The highest BCUT2D eigenvalue weighted by molar-refractivity contribution is 5.76. The number of nitrogens with two attached hydrogens (primary N) is 1. The number of rotatable bonds is 4. The van der Waals surface area contributed by atoms with Gasteiger partial charge in [0.15, 0.2) is 0 Å². The van der Waals surface area contributed by atoms with Crippen LogP contribution < -0.4 is 5.73 Å². The van der Waals surface area contributed by atoms with Gasteiger partial charge in [0.25, 0.3) is 0 Å². The van der Waals surface area contributed by atoms with Crippen molar-refractivity contribution in [1.82, 2.24) is 4.90 Å². The number of hydrogen-bond acceptors (Lipinski definition) is 4. The second-order valence-electron chi connectivity index (χ2n) is 5.77. The minimum Gasteiger partial charge on any atom is -0.469 e. The van der Waals surface area contributed by atoms with Gasteiger partial charge in [0.1, 0.15) is 0 Å². The Labute approximate surface area is 104 Å². The maximum Gasteiger partial charge on any atom is 0.312 e. The molecule has 1 fully saturated rings. The Morgan fingerprint density at radius 2 is 2.18 bits per heavy atom. The first kappa shape index (κ1) is 14.5. The van der Waals surface area contributed by atoms with Gasteiger partial charge in [-0.1, -0.05) is 6.42 Å². The minimum atomic E-state index is -0.459. The summed E-state index contributed by atoms with van der Waals surface area (Å²) in [5, 5.41) is 0. The molecule has 2 N–H and O–H groups in total. The Kier molecular flexibility index (Phi) is 4.95. The Morgan fingerprint density at radius 3 is 2.71 bits per heavy atom. The fourth-order valence-corrected chi connectivity index (χ4v) is 2.66. The Hall–Kier alpha value is -0.610. The molecular formula is C13H26N2O2. The van der Waals surface area contributed by atoms with Crippen molar-refractivity contribution in [1.29, 1.82) is 0 Å². The van der Waals surface area contributed by atoms with E-state index in [0.29, 0.717) is 6.04 Å². The van der Waals surface area contributed by atoms with Gasteiger partial charge in [0.2, 0.25) is 0 Å². The molecule has 17 heavy (non-hydrogen) atoms. The number of carbonyl (C=O) groups is 1. The van der Waals surface area contributed by atoms with E-state index in [0.717, 1.165) is 19.5 Å². The van der Waals surface area contributed by atoms with Crippen LogP contribution in [0.25, 0.3) is 0 Å². The molecule has 1 aliphatic rings. The molecule has 2 unspecified atom stereocenters. The molecule has 1 rings (SSSR count). The zero-order valence-corrected chi connectivity index (χ0v) is 11.5. The third-order valence-corrected chi connectivity index (χ3v) is 3.61. The van der Waals surface area contributed by atoms with Crippen LogP contribution in [-0.2, 0) is 9.53 Å². The van der Waals surface area contributed by atoms with Crippen molar-refractivity contribution >= 4 is 5.97 Å². The van der Waals surface area contributed by atoms with E-state index in [-0.39, 0.29) is 12.0 Å². The zero-order chi connectivity index (χ0) is 13.1. The lowest BCUT2D eigenvalue weighted by molar-refractivity contribution is -0.152. The molecular weight excluding hydrogens is 216 g/mol. The maximum absolute atomic E-state index is 11.7. The average molecular weight is 242 g/mol. The first-order chi connectivity index (χ1) is 7.88. The number of hydrogen-bond donors (Lipinski definition) is 1. The molecule has 0 aromatic rings. The fourth-order valence-electron chi connectivity index (χ4n) is 2.66. The first-order valence-corrected chi connectivity index (χ1v) is 6.46. The average Bonchev–Trinajstić information content (AvgIpc) is 2.27. The smallest absolute Gasteiger partial charge is 0.312 e. The minimum absolute atomic E-state index is 0.147. The molecule has 4 heteroatoms. The van der Waals surface area contributed by atoms with E-state index < -0.39 is 5.41 Å². The van der Waals surface area contributed by atoms with Crippen LogP contribution in [-0.4, -0.2) is 43.2 Å². The summed E-state index contributed by atoms with van der Waals surface area (Å²) in [6, 6.07) is 0.552. The summed E-state index contributed by atoms with van der Waals surface area (Å²) < 4.78 is 4.86. The van der Waals surface area contributed by atoms with E-state index in [9.17, 15) is 4.79 Å². The van der Waals surface area contributed by atoms with E-state index in [1.165, 1.54) is 20.0 Å². The van der Waals surface area contributed by atoms with Crippen LogP contribution in [0.5, 0.6) is 0 Å². The third kappa shape index (κ3) is 3.68. The Balaban J connectivity index is 2.67. The van der Waals surface area contributed by atoms with Crippen LogP contribution in [0.3, 0.4) is 0 Å². The number of carbonyl (C=O) groups excluding carboxylic acids is 1. The van der Waals surface area contributed by atoms with Crippen molar-refractivity contribution in [2.75, 3.05) is 20.2 Å². The van der Waals surface area contributed by atoms with Gasteiger partial charge in [-0.05, 0) is 40.2 Å².